The number of aryl methyl sites for hydroxylation is 1. The second-order valence-electron chi connectivity index (χ2n) is 3.69. The fourth-order valence-corrected chi connectivity index (χ4v) is 2.45. The molecule has 0 radical (unpaired) electrons. The Morgan fingerprint density at radius 1 is 1.29 bits per heavy atom. The molecule has 0 aliphatic heterocycles. The normalized spacial score (nSPS) is 10.8. The van der Waals surface area contributed by atoms with Crippen molar-refractivity contribution in [3.8, 4) is 0 Å². The molecule has 3 nitrogen and oxygen atoms in total. The van der Waals surface area contributed by atoms with Gasteiger partial charge in [-0.2, -0.15) is 0 Å². The highest BCUT2D eigenvalue weighted by atomic mass is 32.2. The Kier molecular flexibility index (Phi) is 3.78. The Bertz CT molecular complexity index is 510. The summed E-state index contributed by atoms with van der Waals surface area (Å²) in [5, 5.41) is 8.98. The second-order valence-corrected chi connectivity index (χ2v) is 4.63. The number of hydrogen-bond donors (Lipinski definition) is 0. The molecule has 2 aromatic rings. The zero-order valence-electron chi connectivity index (χ0n) is 9.85. The molecule has 5 heteroatoms. The summed E-state index contributed by atoms with van der Waals surface area (Å²) < 4.78 is 15.4. The van der Waals surface area contributed by atoms with Gasteiger partial charge in [0.2, 0.25) is 0 Å². The number of aromatic nitrogens is 3. The lowest BCUT2D eigenvalue weighted by Gasteiger charge is -2.03. The maximum Gasteiger partial charge on any atom is 0.191 e. The van der Waals surface area contributed by atoms with E-state index in [-0.39, 0.29) is 5.82 Å². The number of halogens is 1. The Labute approximate surface area is 104 Å². The standard InChI is InChI=1S/C12H14FN3S/c1-3-11-14-15-12(16(11)2)17-8-9-6-4-5-7-10(9)13/h4-7H,3,8H2,1-2H3. The van der Waals surface area contributed by atoms with Crippen molar-refractivity contribution < 1.29 is 4.39 Å². The number of thioether (sulfide) groups is 1. The Hall–Kier alpha value is -1.36. The summed E-state index contributed by atoms with van der Waals surface area (Å²) in [6.45, 7) is 2.04. The number of nitrogens with zero attached hydrogens (tertiary/aromatic N) is 3. The summed E-state index contributed by atoms with van der Waals surface area (Å²) in [5.41, 5.74) is 0.693. The molecule has 0 fully saturated rings. The van der Waals surface area contributed by atoms with Gasteiger partial charge in [-0.1, -0.05) is 36.9 Å². The molecule has 2 rings (SSSR count). The highest BCUT2D eigenvalue weighted by Crippen LogP contribution is 2.22. The molecule has 0 aliphatic rings. The Morgan fingerprint density at radius 2 is 2.06 bits per heavy atom. The van der Waals surface area contributed by atoms with Crippen LogP contribution in [0.3, 0.4) is 0 Å². The Morgan fingerprint density at radius 3 is 2.71 bits per heavy atom. The van der Waals surface area contributed by atoms with Crippen molar-refractivity contribution in [2.75, 3.05) is 0 Å². The van der Waals surface area contributed by atoms with E-state index in [1.165, 1.54) is 17.8 Å². The number of rotatable bonds is 4. The summed E-state index contributed by atoms with van der Waals surface area (Å²) in [7, 11) is 1.93. The molecule has 0 spiro atoms. The van der Waals surface area contributed by atoms with Gasteiger partial charge in [-0.3, -0.25) is 0 Å². The molecule has 0 bridgehead atoms. The topological polar surface area (TPSA) is 30.7 Å². The van der Waals surface area contributed by atoms with Crippen LogP contribution in [0.15, 0.2) is 29.4 Å². The highest BCUT2D eigenvalue weighted by Gasteiger charge is 2.08. The molecule has 0 aliphatic carbocycles. The molecule has 0 saturated carbocycles. The van der Waals surface area contributed by atoms with Gasteiger partial charge in [0.05, 0.1) is 0 Å². The monoisotopic (exact) mass is 251 g/mol. The number of benzene rings is 1. The van der Waals surface area contributed by atoms with Crippen LogP contribution in [0, 0.1) is 5.82 Å². The fourth-order valence-electron chi connectivity index (χ4n) is 1.54. The van der Waals surface area contributed by atoms with Gasteiger partial charge in [-0.25, -0.2) is 4.39 Å². The third-order valence-corrected chi connectivity index (χ3v) is 3.62. The van der Waals surface area contributed by atoms with Gasteiger partial charge in [0.1, 0.15) is 11.6 Å². The first-order valence-electron chi connectivity index (χ1n) is 5.46. The molecule has 1 heterocycles. The van der Waals surface area contributed by atoms with Crippen LogP contribution < -0.4 is 0 Å². The van der Waals surface area contributed by atoms with Crippen molar-refractivity contribution >= 4 is 11.8 Å². The summed E-state index contributed by atoms with van der Waals surface area (Å²) in [5.74, 6) is 1.35. The molecule has 17 heavy (non-hydrogen) atoms. The fraction of sp³-hybridized carbons (Fsp3) is 0.333. The van der Waals surface area contributed by atoms with Gasteiger partial charge in [0.15, 0.2) is 5.16 Å². The van der Waals surface area contributed by atoms with Crippen LogP contribution >= 0.6 is 11.8 Å². The highest BCUT2D eigenvalue weighted by molar-refractivity contribution is 7.98. The molecular weight excluding hydrogens is 237 g/mol. The molecular formula is C12H14FN3S. The lowest BCUT2D eigenvalue weighted by Crippen LogP contribution is -1.97. The maximum atomic E-state index is 13.4. The van der Waals surface area contributed by atoms with E-state index in [9.17, 15) is 4.39 Å². The molecule has 0 amide bonds. The summed E-state index contributed by atoms with van der Waals surface area (Å²) in [6, 6.07) is 6.80. The van der Waals surface area contributed by atoms with Gasteiger partial charge < -0.3 is 4.57 Å². The van der Waals surface area contributed by atoms with Gasteiger partial charge in [-0.15, -0.1) is 10.2 Å². The van der Waals surface area contributed by atoms with E-state index in [0.717, 1.165) is 17.4 Å². The second kappa shape index (κ2) is 5.31. The van der Waals surface area contributed by atoms with E-state index >= 15 is 0 Å². The van der Waals surface area contributed by atoms with Crippen LogP contribution in [0.2, 0.25) is 0 Å². The summed E-state index contributed by atoms with van der Waals surface area (Å²) in [6.07, 6.45) is 0.851. The lowest BCUT2D eigenvalue weighted by molar-refractivity contribution is 0.617. The van der Waals surface area contributed by atoms with E-state index in [0.29, 0.717) is 11.3 Å². The molecule has 0 N–H and O–H groups in total. The van der Waals surface area contributed by atoms with Crippen LogP contribution in [0.1, 0.15) is 18.3 Å². The zero-order chi connectivity index (χ0) is 12.3. The minimum Gasteiger partial charge on any atom is -0.309 e. The van der Waals surface area contributed by atoms with E-state index in [1.54, 1.807) is 12.1 Å². The van der Waals surface area contributed by atoms with E-state index in [4.69, 9.17) is 0 Å². The third-order valence-electron chi connectivity index (χ3n) is 2.56. The van der Waals surface area contributed by atoms with Crippen LogP contribution in [-0.4, -0.2) is 14.8 Å². The Balaban J connectivity index is 2.07. The molecule has 0 unspecified atom stereocenters. The average molecular weight is 251 g/mol. The van der Waals surface area contributed by atoms with Crippen molar-refractivity contribution in [1.82, 2.24) is 14.8 Å². The van der Waals surface area contributed by atoms with Crippen molar-refractivity contribution in [3.63, 3.8) is 0 Å². The van der Waals surface area contributed by atoms with E-state index in [1.807, 2.05) is 24.6 Å². The molecule has 1 aromatic heterocycles. The first-order valence-corrected chi connectivity index (χ1v) is 6.45. The van der Waals surface area contributed by atoms with Gasteiger partial charge in [-0.05, 0) is 11.6 Å². The van der Waals surface area contributed by atoms with Crippen LogP contribution in [0.4, 0.5) is 4.39 Å². The molecule has 90 valence electrons. The molecule has 0 saturated heterocycles. The molecule has 0 atom stereocenters. The minimum absolute atomic E-state index is 0.169. The lowest BCUT2D eigenvalue weighted by atomic mass is 10.2. The van der Waals surface area contributed by atoms with Gasteiger partial charge in [0, 0.05) is 19.2 Å². The van der Waals surface area contributed by atoms with Crippen LogP contribution in [0.25, 0.3) is 0 Å². The van der Waals surface area contributed by atoms with Crippen LogP contribution in [-0.2, 0) is 19.2 Å². The van der Waals surface area contributed by atoms with E-state index < -0.39 is 0 Å². The first-order chi connectivity index (χ1) is 8.22. The van der Waals surface area contributed by atoms with Crippen molar-refractivity contribution in [1.29, 1.82) is 0 Å². The zero-order valence-corrected chi connectivity index (χ0v) is 10.7. The third kappa shape index (κ3) is 2.66. The minimum atomic E-state index is -0.169. The largest absolute Gasteiger partial charge is 0.309 e. The quantitative estimate of drug-likeness (QED) is 0.783. The van der Waals surface area contributed by atoms with Crippen LogP contribution in [0.5, 0.6) is 0 Å². The van der Waals surface area contributed by atoms with Crippen molar-refractivity contribution in [2.45, 2.75) is 24.3 Å². The summed E-state index contributed by atoms with van der Waals surface area (Å²) in [4.78, 5) is 0. The van der Waals surface area contributed by atoms with Crippen molar-refractivity contribution in [3.05, 3.63) is 41.5 Å². The first kappa shape index (κ1) is 12.1. The number of hydrogen-bond acceptors (Lipinski definition) is 3. The SMILES string of the molecule is CCc1nnc(SCc2ccccc2F)n1C. The summed E-state index contributed by atoms with van der Waals surface area (Å²) >= 11 is 1.50. The van der Waals surface area contributed by atoms with Crippen molar-refractivity contribution in [2.24, 2.45) is 7.05 Å². The van der Waals surface area contributed by atoms with Gasteiger partial charge in [0.25, 0.3) is 0 Å². The molecule has 1 aromatic carbocycles. The predicted octanol–water partition coefficient (Wildman–Crippen LogP) is 2.81. The maximum absolute atomic E-state index is 13.4. The predicted molar refractivity (Wildman–Crippen MR) is 66.3 cm³/mol. The smallest absolute Gasteiger partial charge is 0.191 e. The van der Waals surface area contributed by atoms with Gasteiger partial charge >= 0.3 is 0 Å². The van der Waals surface area contributed by atoms with E-state index in [2.05, 4.69) is 10.2 Å². The average Bonchev–Trinajstić information content (AvgIpc) is 2.69.